The molecule has 0 bridgehead atoms. The lowest BCUT2D eigenvalue weighted by Gasteiger charge is -2.23. The molecule has 2 heterocycles. The molecule has 0 atom stereocenters. The highest BCUT2D eigenvalue weighted by Gasteiger charge is 2.30. The van der Waals surface area contributed by atoms with E-state index in [1.54, 1.807) is 17.7 Å². The Morgan fingerprint density at radius 3 is 3.06 bits per heavy atom. The lowest BCUT2D eigenvalue weighted by molar-refractivity contribution is 0.774. The summed E-state index contributed by atoms with van der Waals surface area (Å²) in [5.41, 5.74) is 5.67. The second-order valence-electron chi connectivity index (χ2n) is 4.05. The van der Waals surface area contributed by atoms with E-state index in [4.69, 9.17) is 5.73 Å². The number of thiophene rings is 1. The molecule has 16 heavy (non-hydrogen) atoms. The number of aromatic nitrogens is 2. The first-order chi connectivity index (χ1) is 7.90. The number of hydrogen-bond acceptors (Lipinski definition) is 5. The minimum atomic E-state index is 0.640. The zero-order valence-corrected chi connectivity index (χ0v) is 9.78. The van der Waals surface area contributed by atoms with Crippen LogP contribution in [-0.2, 0) is 0 Å². The number of nitrogens with two attached hydrogens (primary N) is 1. The first-order valence-electron chi connectivity index (χ1n) is 5.55. The lowest BCUT2D eigenvalue weighted by Crippen LogP contribution is -2.32. The topological polar surface area (TPSA) is 55.0 Å². The van der Waals surface area contributed by atoms with Gasteiger partial charge in [0.1, 0.15) is 17.0 Å². The molecule has 2 N–H and O–H groups in total. The van der Waals surface area contributed by atoms with Crippen LogP contribution in [0.25, 0.3) is 10.2 Å². The van der Waals surface area contributed by atoms with Crippen molar-refractivity contribution in [1.29, 1.82) is 0 Å². The summed E-state index contributed by atoms with van der Waals surface area (Å²) in [4.78, 5) is 12.1. The van der Waals surface area contributed by atoms with Crippen LogP contribution in [-0.4, -0.2) is 29.1 Å². The van der Waals surface area contributed by atoms with Crippen molar-refractivity contribution in [3.05, 3.63) is 17.8 Å². The van der Waals surface area contributed by atoms with E-state index in [1.165, 1.54) is 12.8 Å². The van der Waals surface area contributed by atoms with Gasteiger partial charge in [-0.25, -0.2) is 9.97 Å². The molecule has 0 saturated heterocycles. The second kappa shape index (κ2) is 3.99. The van der Waals surface area contributed by atoms with Crippen LogP contribution in [0.3, 0.4) is 0 Å². The first-order valence-corrected chi connectivity index (χ1v) is 6.43. The average Bonchev–Trinajstić information content (AvgIpc) is 3.02. The molecule has 0 aromatic carbocycles. The Bertz CT molecular complexity index is 491. The predicted octanol–water partition coefficient (Wildman–Crippen LogP) is 1.62. The Morgan fingerprint density at radius 1 is 1.44 bits per heavy atom. The number of anilines is 1. The number of hydrogen-bond donors (Lipinski definition) is 1. The standard InChI is InChI=1S/C11H14N4S/c12-4-5-15(8-1-2-8)10-9-3-6-16-11(9)14-7-13-10/h3,6-8H,1-2,4-5,12H2. The van der Waals surface area contributed by atoms with Gasteiger partial charge in [-0.2, -0.15) is 0 Å². The van der Waals surface area contributed by atoms with Crippen molar-refractivity contribution in [1.82, 2.24) is 9.97 Å². The molecule has 5 heteroatoms. The van der Waals surface area contributed by atoms with Crippen LogP contribution in [0.5, 0.6) is 0 Å². The van der Waals surface area contributed by atoms with Gasteiger partial charge in [-0.1, -0.05) is 0 Å². The molecular weight excluding hydrogens is 220 g/mol. The van der Waals surface area contributed by atoms with Gasteiger partial charge in [-0.3, -0.25) is 0 Å². The van der Waals surface area contributed by atoms with Crippen LogP contribution >= 0.6 is 11.3 Å². The van der Waals surface area contributed by atoms with Gasteiger partial charge in [0.25, 0.3) is 0 Å². The zero-order valence-electron chi connectivity index (χ0n) is 8.97. The molecule has 0 amide bonds. The van der Waals surface area contributed by atoms with E-state index in [9.17, 15) is 0 Å². The fraction of sp³-hybridized carbons (Fsp3) is 0.455. The van der Waals surface area contributed by atoms with Gasteiger partial charge in [0, 0.05) is 19.1 Å². The monoisotopic (exact) mass is 234 g/mol. The van der Waals surface area contributed by atoms with Gasteiger partial charge < -0.3 is 10.6 Å². The molecule has 2 aromatic rings. The van der Waals surface area contributed by atoms with Crippen molar-refractivity contribution in [2.45, 2.75) is 18.9 Å². The lowest BCUT2D eigenvalue weighted by atomic mass is 10.3. The smallest absolute Gasteiger partial charge is 0.141 e. The third-order valence-corrected chi connectivity index (χ3v) is 3.69. The molecule has 0 unspecified atom stereocenters. The van der Waals surface area contributed by atoms with Gasteiger partial charge in [0.2, 0.25) is 0 Å². The van der Waals surface area contributed by atoms with Crippen molar-refractivity contribution < 1.29 is 0 Å². The molecule has 1 saturated carbocycles. The maximum absolute atomic E-state index is 5.67. The van der Waals surface area contributed by atoms with Crippen LogP contribution in [0.2, 0.25) is 0 Å². The molecule has 0 aliphatic heterocycles. The van der Waals surface area contributed by atoms with Gasteiger partial charge in [-0.15, -0.1) is 11.3 Å². The Morgan fingerprint density at radius 2 is 2.31 bits per heavy atom. The molecule has 1 fully saturated rings. The van der Waals surface area contributed by atoms with E-state index in [0.717, 1.165) is 22.6 Å². The average molecular weight is 234 g/mol. The van der Waals surface area contributed by atoms with E-state index in [-0.39, 0.29) is 0 Å². The van der Waals surface area contributed by atoms with Crippen molar-refractivity contribution in [2.24, 2.45) is 5.73 Å². The quantitative estimate of drug-likeness (QED) is 0.873. The summed E-state index contributed by atoms with van der Waals surface area (Å²) >= 11 is 1.66. The Labute approximate surface area is 98.1 Å². The normalized spacial score (nSPS) is 15.6. The third-order valence-electron chi connectivity index (χ3n) is 2.87. The SMILES string of the molecule is NCCN(c1ncnc2sccc12)C1CC1. The summed E-state index contributed by atoms with van der Waals surface area (Å²) in [6, 6.07) is 2.74. The summed E-state index contributed by atoms with van der Waals surface area (Å²) in [5.74, 6) is 1.05. The minimum Gasteiger partial charge on any atom is -0.352 e. The summed E-state index contributed by atoms with van der Waals surface area (Å²) < 4.78 is 0. The van der Waals surface area contributed by atoms with Crippen LogP contribution in [0.1, 0.15) is 12.8 Å². The summed E-state index contributed by atoms with van der Waals surface area (Å²) in [6.07, 6.45) is 4.17. The Hall–Kier alpha value is -1.20. The maximum Gasteiger partial charge on any atom is 0.141 e. The molecule has 0 radical (unpaired) electrons. The van der Waals surface area contributed by atoms with Crippen molar-refractivity contribution in [2.75, 3.05) is 18.0 Å². The van der Waals surface area contributed by atoms with Gasteiger partial charge in [0.05, 0.1) is 5.39 Å². The maximum atomic E-state index is 5.67. The molecular formula is C11H14N4S. The summed E-state index contributed by atoms with van der Waals surface area (Å²) in [5, 5.41) is 3.23. The van der Waals surface area contributed by atoms with E-state index >= 15 is 0 Å². The van der Waals surface area contributed by atoms with Crippen LogP contribution < -0.4 is 10.6 Å². The molecule has 2 aromatic heterocycles. The summed E-state index contributed by atoms with van der Waals surface area (Å²) in [6.45, 7) is 1.55. The summed E-state index contributed by atoms with van der Waals surface area (Å²) in [7, 11) is 0. The van der Waals surface area contributed by atoms with Crippen molar-refractivity contribution in [3.8, 4) is 0 Å². The highest BCUT2D eigenvalue weighted by molar-refractivity contribution is 7.16. The van der Waals surface area contributed by atoms with E-state index in [2.05, 4.69) is 26.3 Å². The number of nitrogens with zero attached hydrogens (tertiary/aromatic N) is 3. The Kier molecular flexibility index (Phi) is 2.49. The van der Waals surface area contributed by atoms with Crippen molar-refractivity contribution in [3.63, 3.8) is 0 Å². The molecule has 0 spiro atoms. The second-order valence-corrected chi connectivity index (χ2v) is 4.94. The van der Waals surface area contributed by atoms with Gasteiger partial charge in [-0.05, 0) is 24.3 Å². The molecule has 84 valence electrons. The van der Waals surface area contributed by atoms with Crippen LogP contribution in [0.15, 0.2) is 17.8 Å². The molecule has 1 aliphatic carbocycles. The largest absolute Gasteiger partial charge is 0.352 e. The minimum absolute atomic E-state index is 0.640. The zero-order chi connectivity index (χ0) is 11.0. The van der Waals surface area contributed by atoms with Gasteiger partial charge in [0.15, 0.2) is 0 Å². The number of fused-ring (bicyclic) bond motifs is 1. The third kappa shape index (κ3) is 1.66. The van der Waals surface area contributed by atoms with E-state index in [1.807, 2.05) is 0 Å². The molecule has 1 aliphatic rings. The Balaban J connectivity index is 2.04. The highest BCUT2D eigenvalue weighted by Crippen LogP contribution is 2.34. The van der Waals surface area contributed by atoms with E-state index < -0.39 is 0 Å². The van der Waals surface area contributed by atoms with Crippen molar-refractivity contribution >= 4 is 27.4 Å². The number of rotatable bonds is 4. The van der Waals surface area contributed by atoms with Crippen LogP contribution in [0, 0.1) is 0 Å². The highest BCUT2D eigenvalue weighted by atomic mass is 32.1. The van der Waals surface area contributed by atoms with E-state index in [0.29, 0.717) is 12.6 Å². The van der Waals surface area contributed by atoms with Crippen LogP contribution in [0.4, 0.5) is 5.82 Å². The van der Waals surface area contributed by atoms with Gasteiger partial charge >= 0.3 is 0 Å². The predicted molar refractivity (Wildman–Crippen MR) is 66.8 cm³/mol. The fourth-order valence-corrected chi connectivity index (χ4v) is 2.72. The molecule has 3 rings (SSSR count). The fourth-order valence-electron chi connectivity index (χ4n) is 1.99. The molecule has 4 nitrogen and oxygen atoms in total. The first kappa shape index (κ1) is 9.99.